The van der Waals surface area contributed by atoms with Gasteiger partial charge in [0.2, 0.25) is 0 Å². The van der Waals surface area contributed by atoms with Crippen LogP contribution in [0.5, 0.6) is 0 Å². The van der Waals surface area contributed by atoms with E-state index >= 15 is 0 Å². The summed E-state index contributed by atoms with van der Waals surface area (Å²) in [5.41, 5.74) is 3.28. The molecule has 1 aliphatic rings. The highest BCUT2D eigenvalue weighted by molar-refractivity contribution is 7.13. The first-order chi connectivity index (χ1) is 11.8. The molecule has 4 rings (SSSR count). The molecule has 0 unspecified atom stereocenters. The number of hydrogen-bond donors (Lipinski definition) is 1. The Bertz CT molecular complexity index is 1010. The van der Waals surface area contributed by atoms with Crippen LogP contribution in [-0.4, -0.2) is 10.9 Å². The molecule has 1 aliphatic heterocycles. The predicted molar refractivity (Wildman–Crippen MR) is 97.5 cm³/mol. The van der Waals surface area contributed by atoms with Crippen LogP contribution >= 0.6 is 11.3 Å². The van der Waals surface area contributed by atoms with Gasteiger partial charge in [0.15, 0.2) is 0 Å². The predicted octanol–water partition coefficient (Wildman–Crippen LogP) is 4.04. The smallest absolute Gasteiger partial charge is 0.256 e. The van der Waals surface area contributed by atoms with Gasteiger partial charge in [-0.3, -0.25) is 9.78 Å². The standard InChI is InChI=1S/C20H12N2OS/c23-20-17(18-13-21-11-10-19(18)22-20)12-16-9-8-15(24-16)7-6-14-4-2-1-3-5-14/h1-5,8-13H,(H,22,23). The molecular formula is C20H12N2OS. The van der Waals surface area contributed by atoms with E-state index in [1.807, 2.05) is 48.5 Å². The first-order valence-electron chi connectivity index (χ1n) is 7.44. The van der Waals surface area contributed by atoms with Crippen LogP contribution < -0.4 is 5.32 Å². The van der Waals surface area contributed by atoms with Gasteiger partial charge < -0.3 is 5.32 Å². The fourth-order valence-electron chi connectivity index (χ4n) is 2.47. The van der Waals surface area contributed by atoms with E-state index in [1.54, 1.807) is 29.8 Å². The lowest BCUT2D eigenvalue weighted by Crippen LogP contribution is -2.03. The monoisotopic (exact) mass is 328 g/mol. The minimum absolute atomic E-state index is 0.0941. The van der Waals surface area contributed by atoms with E-state index in [0.717, 1.165) is 26.6 Å². The average molecular weight is 328 g/mol. The zero-order chi connectivity index (χ0) is 16.4. The van der Waals surface area contributed by atoms with Crippen molar-refractivity contribution in [1.29, 1.82) is 0 Å². The van der Waals surface area contributed by atoms with Crippen LogP contribution in [-0.2, 0) is 4.79 Å². The van der Waals surface area contributed by atoms with Crippen LogP contribution in [0.4, 0.5) is 5.69 Å². The third-order valence-corrected chi connectivity index (χ3v) is 4.57. The van der Waals surface area contributed by atoms with E-state index in [2.05, 4.69) is 22.1 Å². The second-order valence-electron chi connectivity index (χ2n) is 5.25. The molecule has 114 valence electrons. The first kappa shape index (κ1) is 14.4. The summed E-state index contributed by atoms with van der Waals surface area (Å²) in [6.45, 7) is 0. The van der Waals surface area contributed by atoms with Crippen molar-refractivity contribution in [2.75, 3.05) is 5.32 Å². The Kier molecular flexibility index (Phi) is 3.70. The largest absolute Gasteiger partial charge is 0.321 e. The van der Waals surface area contributed by atoms with Crippen molar-refractivity contribution in [3.8, 4) is 11.8 Å². The quantitative estimate of drug-likeness (QED) is 0.541. The van der Waals surface area contributed by atoms with E-state index in [4.69, 9.17) is 0 Å². The van der Waals surface area contributed by atoms with Gasteiger partial charge in [-0.1, -0.05) is 30.0 Å². The highest BCUT2D eigenvalue weighted by Crippen LogP contribution is 2.33. The summed E-state index contributed by atoms with van der Waals surface area (Å²) in [4.78, 5) is 18.2. The number of anilines is 1. The molecule has 24 heavy (non-hydrogen) atoms. The van der Waals surface area contributed by atoms with Crippen LogP contribution in [0.1, 0.15) is 20.9 Å². The molecule has 1 aromatic carbocycles. The second-order valence-corrected chi connectivity index (χ2v) is 6.37. The van der Waals surface area contributed by atoms with E-state index in [9.17, 15) is 4.79 Å². The van der Waals surface area contributed by atoms with Gasteiger partial charge in [0, 0.05) is 28.4 Å². The third-order valence-electron chi connectivity index (χ3n) is 3.62. The average Bonchev–Trinajstić information content (AvgIpc) is 3.19. The molecule has 0 aliphatic carbocycles. The topological polar surface area (TPSA) is 42.0 Å². The molecule has 0 saturated carbocycles. The lowest BCUT2D eigenvalue weighted by molar-refractivity contribution is -0.110. The molecule has 0 spiro atoms. The number of hydrogen-bond acceptors (Lipinski definition) is 3. The van der Waals surface area contributed by atoms with Crippen molar-refractivity contribution in [2.45, 2.75) is 0 Å². The van der Waals surface area contributed by atoms with Crippen LogP contribution in [0.3, 0.4) is 0 Å². The maximum atomic E-state index is 12.1. The Balaban J connectivity index is 1.62. The lowest BCUT2D eigenvalue weighted by Gasteiger charge is -1.95. The summed E-state index contributed by atoms with van der Waals surface area (Å²) in [6, 6.07) is 15.6. The van der Waals surface area contributed by atoms with E-state index < -0.39 is 0 Å². The fraction of sp³-hybridized carbons (Fsp3) is 0. The molecule has 0 saturated heterocycles. The van der Waals surface area contributed by atoms with Crippen molar-refractivity contribution >= 4 is 34.6 Å². The zero-order valence-corrected chi connectivity index (χ0v) is 13.4. The Labute approximate surface area is 143 Å². The van der Waals surface area contributed by atoms with Crippen molar-refractivity contribution in [3.05, 3.63) is 81.8 Å². The number of nitrogens with zero attached hydrogens (tertiary/aromatic N) is 1. The molecule has 0 atom stereocenters. The highest BCUT2D eigenvalue weighted by atomic mass is 32.1. The maximum absolute atomic E-state index is 12.1. The number of rotatable bonds is 1. The lowest BCUT2D eigenvalue weighted by atomic mass is 10.1. The Morgan fingerprint density at radius 1 is 1.04 bits per heavy atom. The number of fused-ring (bicyclic) bond motifs is 1. The summed E-state index contributed by atoms with van der Waals surface area (Å²) >= 11 is 1.57. The SMILES string of the molecule is O=C1Nc2ccncc2C1=Cc1ccc(C#Cc2ccccc2)s1. The number of amides is 1. The van der Waals surface area contributed by atoms with Gasteiger partial charge in [-0.2, -0.15) is 0 Å². The van der Waals surface area contributed by atoms with E-state index in [-0.39, 0.29) is 5.91 Å². The van der Waals surface area contributed by atoms with Gasteiger partial charge in [-0.25, -0.2) is 0 Å². The molecule has 1 amide bonds. The molecule has 0 fully saturated rings. The molecule has 3 heterocycles. The number of carbonyl (C=O) groups is 1. The minimum Gasteiger partial charge on any atom is -0.321 e. The summed E-state index contributed by atoms with van der Waals surface area (Å²) in [7, 11) is 0. The highest BCUT2D eigenvalue weighted by Gasteiger charge is 2.23. The molecule has 4 heteroatoms. The Morgan fingerprint density at radius 3 is 2.79 bits per heavy atom. The number of thiophene rings is 1. The van der Waals surface area contributed by atoms with Crippen molar-refractivity contribution in [3.63, 3.8) is 0 Å². The maximum Gasteiger partial charge on any atom is 0.256 e. The molecule has 2 aromatic heterocycles. The van der Waals surface area contributed by atoms with Gasteiger partial charge in [0.05, 0.1) is 16.1 Å². The number of pyridine rings is 1. The number of carbonyl (C=O) groups excluding carboxylic acids is 1. The van der Waals surface area contributed by atoms with E-state index in [1.165, 1.54) is 0 Å². The van der Waals surface area contributed by atoms with Crippen LogP contribution in [0.2, 0.25) is 0 Å². The second kappa shape index (κ2) is 6.15. The zero-order valence-electron chi connectivity index (χ0n) is 12.6. The summed E-state index contributed by atoms with van der Waals surface area (Å²) in [5, 5.41) is 2.85. The van der Waals surface area contributed by atoms with Crippen LogP contribution in [0, 0.1) is 11.8 Å². The van der Waals surface area contributed by atoms with Gasteiger partial charge in [0.1, 0.15) is 0 Å². The summed E-state index contributed by atoms with van der Waals surface area (Å²) < 4.78 is 0. The Morgan fingerprint density at radius 2 is 1.92 bits per heavy atom. The first-order valence-corrected chi connectivity index (χ1v) is 8.25. The van der Waals surface area contributed by atoms with E-state index in [0.29, 0.717) is 5.57 Å². The van der Waals surface area contributed by atoms with Gasteiger partial charge >= 0.3 is 0 Å². The summed E-state index contributed by atoms with van der Waals surface area (Å²) in [6.07, 6.45) is 5.27. The third kappa shape index (κ3) is 2.85. The number of aromatic nitrogens is 1. The molecule has 3 aromatic rings. The van der Waals surface area contributed by atoms with Crippen LogP contribution in [0.15, 0.2) is 60.9 Å². The Hall–Kier alpha value is -3.16. The van der Waals surface area contributed by atoms with Gasteiger partial charge in [0.25, 0.3) is 5.91 Å². The molecule has 0 bridgehead atoms. The summed E-state index contributed by atoms with van der Waals surface area (Å²) in [5.74, 6) is 6.21. The van der Waals surface area contributed by atoms with Crippen LogP contribution in [0.25, 0.3) is 11.6 Å². The normalized spacial score (nSPS) is 14.0. The number of nitrogens with one attached hydrogen (secondary N) is 1. The fourth-order valence-corrected chi connectivity index (χ4v) is 3.27. The van der Waals surface area contributed by atoms with Crippen molar-refractivity contribution < 1.29 is 4.79 Å². The molecule has 0 radical (unpaired) electrons. The molecule has 3 nitrogen and oxygen atoms in total. The van der Waals surface area contributed by atoms with Crippen molar-refractivity contribution in [1.82, 2.24) is 4.98 Å². The minimum atomic E-state index is -0.0941. The molecular weight excluding hydrogens is 316 g/mol. The van der Waals surface area contributed by atoms with Crippen molar-refractivity contribution in [2.24, 2.45) is 0 Å². The molecule has 1 N–H and O–H groups in total. The number of benzene rings is 1. The van der Waals surface area contributed by atoms with Gasteiger partial charge in [-0.05, 0) is 36.4 Å². The van der Waals surface area contributed by atoms with Gasteiger partial charge in [-0.15, -0.1) is 11.3 Å².